The summed E-state index contributed by atoms with van der Waals surface area (Å²) in [4.78, 5) is 0. The van der Waals surface area contributed by atoms with Gasteiger partial charge >= 0.3 is 29.8 Å². The van der Waals surface area contributed by atoms with Crippen molar-refractivity contribution in [3.8, 4) is 0 Å². The molecule has 0 nitrogen and oxygen atoms in total. The zero-order valence-corrected chi connectivity index (χ0v) is 9.10. The van der Waals surface area contributed by atoms with Gasteiger partial charge in [-0.1, -0.05) is 0 Å². The van der Waals surface area contributed by atoms with Gasteiger partial charge in [0, 0.05) is 0 Å². The maximum atomic E-state index is 4.78. The molecular formula is H4Al2BrCl. The van der Waals surface area contributed by atoms with Gasteiger partial charge in [0.15, 0.2) is 0 Å². The average molecular weight is 173 g/mol. The molecule has 0 aliphatic heterocycles. The van der Waals surface area contributed by atoms with E-state index in [1.54, 1.807) is 0 Å². The van der Waals surface area contributed by atoms with Crippen molar-refractivity contribution in [3.63, 3.8) is 0 Å². The highest BCUT2D eigenvalue weighted by molar-refractivity contribution is 9.22. The summed E-state index contributed by atoms with van der Waals surface area (Å²) in [5.74, 6) is 0. The molecule has 0 aromatic carbocycles. The molecule has 0 unspecified atom stereocenters. The van der Waals surface area contributed by atoms with Crippen molar-refractivity contribution in [3.05, 3.63) is 0 Å². The van der Waals surface area contributed by atoms with Crippen molar-refractivity contribution < 1.29 is 0 Å². The summed E-state index contributed by atoms with van der Waals surface area (Å²) in [5.41, 5.74) is 0. The maximum absolute atomic E-state index is 4.78. The first-order valence-electron chi connectivity index (χ1n) is 0.756. The van der Waals surface area contributed by atoms with Crippen molar-refractivity contribution in [1.82, 2.24) is 0 Å². The van der Waals surface area contributed by atoms with E-state index in [0.717, 1.165) is 29.8 Å². The van der Waals surface area contributed by atoms with Gasteiger partial charge in [-0.3, -0.25) is 10.0 Å². The van der Waals surface area contributed by atoms with Crippen molar-refractivity contribution in [2.75, 3.05) is 0 Å². The molecule has 0 saturated heterocycles. The van der Waals surface area contributed by atoms with Gasteiger partial charge in [0.1, 0.15) is 0 Å². The van der Waals surface area contributed by atoms with E-state index in [4.69, 9.17) is 10.0 Å². The Kier molecular flexibility index (Phi) is 49.0. The summed E-state index contributed by atoms with van der Waals surface area (Å²) in [6, 6.07) is 0. The SMILES string of the molecule is [AlH2][Br].[AlH2][Cl]. The predicted molar refractivity (Wildman–Crippen MR) is 31.9 cm³/mol. The standard InChI is InChI=1S/2Al.BrH.ClH.4H/h;;2*1H;;;;/q2*+1;;;;;;/p-2. The zero-order valence-electron chi connectivity index (χ0n) is 2.76. The summed E-state index contributed by atoms with van der Waals surface area (Å²) in [5, 5.41) is 0. The molecule has 0 radical (unpaired) electrons. The molecule has 0 rings (SSSR count). The third kappa shape index (κ3) is 9.15. The van der Waals surface area contributed by atoms with Gasteiger partial charge in [-0.2, -0.15) is 0 Å². The topological polar surface area (TPSA) is 0 Å². The zero-order chi connectivity index (χ0) is 4.00. The van der Waals surface area contributed by atoms with Crippen LogP contribution in [0, 0.1) is 0 Å². The molecule has 0 N–H and O–H groups in total. The minimum atomic E-state index is 0.778. The first-order valence-corrected chi connectivity index (χ1v) is 9.29. The van der Waals surface area contributed by atoms with Gasteiger partial charge < -0.3 is 0 Å². The summed E-state index contributed by atoms with van der Waals surface area (Å²) >= 11 is 4.97. The van der Waals surface area contributed by atoms with Gasteiger partial charge in [-0.15, -0.1) is 0 Å². The van der Waals surface area contributed by atoms with Crippen LogP contribution in [0.1, 0.15) is 0 Å². The van der Waals surface area contributed by atoms with E-state index in [-0.39, 0.29) is 0 Å². The van der Waals surface area contributed by atoms with Crippen molar-refractivity contribution >= 4 is 53.9 Å². The summed E-state index contributed by atoms with van der Waals surface area (Å²) in [7, 11) is 4.78. The Morgan fingerprint density at radius 3 is 1.25 bits per heavy atom. The fourth-order valence-corrected chi connectivity index (χ4v) is 0. The second-order valence-corrected chi connectivity index (χ2v) is 0. The molecule has 0 aromatic rings. The lowest BCUT2D eigenvalue weighted by Crippen LogP contribution is -0.980. The molecule has 0 aliphatic rings. The van der Waals surface area contributed by atoms with E-state index in [1.807, 2.05) is 0 Å². The molecule has 24 valence electrons. The van der Waals surface area contributed by atoms with Crippen molar-refractivity contribution in [1.29, 1.82) is 0 Å². The van der Waals surface area contributed by atoms with E-state index < -0.39 is 0 Å². The largest absolute Gasteiger partial charge is 0.353 e. The Balaban J connectivity index is 0. The van der Waals surface area contributed by atoms with Crippen LogP contribution >= 0.6 is 24.1 Å². The highest BCUT2D eigenvalue weighted by Gasteiger charge is 1.09. The van der Waals surface area contributed by atoms with E-state index in [1.165, 1.54) is 0 Å². The molecule has 0 amide bonds. The fourth-order valence-electron chi connectivity index (χ4n) is 0. The summed E-state index contributed by atoms with van der Waals surface area (Å²) in [6.07, 6.45) is 0. The van der Waals surface area contributed by atoms with Gasteiger partial charge in [-0.05, 0) is 0 Å². The lowest BCUT2D eigenvalue weighted by atomic mass is 26.9. The minimum absolute atomic E-state index is 0.778. The fraction of sp³-hybridized carbons (Fsp3) is 0. The molecular weight excluding hydrogens is 169 g/mol. The second-order valence-electron chi connectivity index (χ2n) is 0. The predicted octanol–water partition coefficient (Wildman–Crippen LogP) is -0.297. The Morgan fingerprint density at radius 2 is 1.25 bits per heavy atom. The number of hydrogen-bond donors (Lipinski definition) is 0. The van der Waals surface area contributed by atoms with Gasteiger partial charge in [0.05, 0.1) is 0 Å². The Bertz CT molecular complexity index is 6.00. The van der Waals surface area contributed by atoms with Crippen LogP contribution < -0.4 is 0 Å². The van der Waals surface area contributed by atoms with Crippen LogP contribution in [0.4, 0.5) is 0 Å². The van der Waals surface area contributed by atoms with Crippen LogP contribution in [0.3, 0.4) is 0 Å². The molecule has 0 fully saturated rings. The van der Waals surface area contributed by atoms with E-state index in [0.29, 0.717) is 0 Å². The van der Waals surface area contributed by atoms with Crippen molar-refractivity contribution in [2.45, 2.75) is 0 Å². The smallest absolute Gasteiger partial charge is 0.273 e. The van der Waals surface area contributed by atoms with Crippen LogP contribution in [0.15, 0.2) is 0 Å². The lowest BCUT2D eigenvalue weighted by Gasteiger charge is -1.01. The minimum Gasteiger partial charge on any atom is -0.273 e. The monoisotopic (exact) mass is 172 g/mol. The molecule has 4 heteroatoms. The Hall–Kier alpha value is 1.83. The van der Waals surface area contributed by atoms with Gasteiger partial charge in [0.2, 0.25) is 0 Å². The number of hydrogen-bond acceptors (Lipinski definition) is 0. The molecule has 4 heavy (non-hydrogen) atoms. The van der Waals surface area contributed by atoms with E-state index >= 15 is 0 Å². The highest BCUT2D eigenvalue weighted by Crippen LogP contribution is 1.41. The van der Waals surface area contributed by atoms with E-state index in [9.17, 15) is 0 Å². The maximum Gasteiger partial charge on any atom is 0.353 e. The first kappa shape index (κ1) is 9.27. The third-order valence-corrected chi connectivity index (χ3v) is 0. The van der Waals surface area contributed by atoms with Crippen LogP contribution in [0.5, 0.6) is 0 Å². The molecule has 0 bridgehead atoms. The molecule has 0 spiro atoms. The molecule has 0 saturated carbocycles. The Labute approximate surface area is 53.6 Å². The Morgan fingerprint density at radius 1 is 1.25 bits per heavy atom. The molecule has 0 heterocycles. The quantitative estimate of drug-likeness (QED) is 0.441. The van der Waals surface area contributed by atoms with Crippen LogP contribution in [0.25, 0.3) is 0 Å². The number of halogens is 2. The average Bonchev–Trinajstić information content (AvgIpc) is 1.50. The van der Waals surface area contributed by atoms with Crippen molar-refractivity contribution in [2.24, 2.45) is 0 Å². The number of rotatable bonds is 0. The van der Waals surface area contributed by atoms with Crippen LogP contribution in [0.2, 0.25) is 0 Å². The molecule has 0 atom stereocenters. The van der Waals surface area contributed by atoms with Gasteiger partial charge in [0.25, 0.3) is 0 Å². The second kappa shape index (κ2) is 21.1. The highest BCUT2D eigenvalue weighted by atomic mass is 79.9. The van der Waals surface area contributed by atoms with E-state index in [2.05, 4.69) is 14.1 Å². The van der Waals surface area contributed by atoms with Crippen LogP contribution in [-0.4, -0.2) is 29.8 Å². The van der Waals surface area contributed by atoms with Crippen LogP contribution in [-0.2, 0) is 0 Å². The summed E-state index contributed by atoms with van der Waals surface area (Å²) < 4.78 is 0. The summed E-state index contributed by atoms with van der Waals surface area (Å²) in [6.45, 7) is 0. The molecule has 0 aliphatic carbocycles. The third-order valence-electron chi connectivity index (χ3n) is 0. The van der Waals surface area contributed by atoms with Gasteiger partial charge in [-0.25, -0.2) is 14.1 Å². The molecule has 0 aromatic heterocycles. The lowest BCUT2D eigenvalue weighted by molar-refractivity contribution is 4.80. The first-order chi connectivity index (χ1) is 2.00. The normalized spacial score (nSPS) is 2.50.